The summed E-state index contributed by atoms with van der Waals surface area (Å²) in [5, 5.41) is 0. The third kappa shape index (κ3) is 1.82. The Balaban J connectivity index is 2.05. The minimum Gasteiger partial charge on any atom is -0.293 e. The van der Waals surface area contributed by atoms with Crippen LogP contribution < -0.4 is 0 Å². The van der Waals surface area contributed by atoms with Crippen molar-refractivity contribution < 1.29 is 9.59 Å². The molecule has 0 radical (unpaired) electrons. The maximum absolute atomic E-state index is 11.5. The first-order chi connectivity index (χ1) is 6.29. The Morgan fingerprint density at radius 3 is 2.00 bits per heavy atom. The third-order valence-corrected chi connectivity index (χ3v) is 5.00. The van der Waals surface area contributed by atoms with Crippen LogP contribution in [0.5, 0.6) is 0 Å². The molecule has 3 nitrogen and oxygen atoms in total. The first-order valence-corrected chi connectivity index (χ1v) is 6.19. The van der Waals surface area contributed by atoms with E-state index in [4.69, 9.17) is 0 Å². The van der Waals surface area contributed by atoms with E-state index in [1.54, 1.807) is 0 Å². The Labute approximate surface area is 79.3 Å². The topological polar surface area (TPSA) is 37.4 Å². The molecule has 0 amide bonds. The van der Waals surface area contributed by atoms with E-state index in [1.807, 2.05) is 0 Å². The zero-order chi connectivity index (χ0) is 9.26. The van der Waals surface area contributed by atoms with Gasteiger partial charge in [0.25, 0.3) is 0 Å². The van der Waals surface area contributed by atoms with Crippen LogP contribution in [0.4, 0.5) is 0 Å². The minimum atomic E-state index is -1.03. The van der Waals surface area contributed by atoms with E-state index in [0.717, 1.165) is 25.9 Å². The van der Waals surface area contributed by atoms with Gasteiger partial charge in [0.05, 0.1) is 0 Å². The maximum atomic E-state index is 11.5. The summed E-state index contributed by atoms with van der Waals surface area (Å²) in [5.41, 5.74) is 0.420. The van der Waals surface area contributed by atoms with Crippen molar-refractivity contribution in [2.45, 2.75) is 32.1 Å². The summed E-state index contributed by atoms with van der Waals surface area (Å²) >= 11 is 0. The fourth-order valence-corrected chi connectivity index (χ4v) is 4.20. The number of hydrogen-bond acceptors (Lipinski definition) is 3. The van der Waals surface area contributed by atoms with Crippen molar-refractivity contribution in [2.24, 2.45) is 0 Å². The van der Waals surface area contributed by atoms with Gasteiger partial charge in [0, 0.05) is 25.9 Å². The van der Waals surface area contributed by atoms with Crippen LogP contribution in [-0.2, 0) is 9.59 Å². The number of carbonyl (C=O) groups excluding carboxylic acids is 2. The van der Waals surface area contributed by atoms with E-state index in [0.29, 0.717) is 12.8 Å². The predicted molar refractivity (Wildman–Crippen MR) is 51.6 cm³/mol. The fourth-order valence-electron chi connectivity index (χ4n) is 1.96. The minimum absolute atomic E-state index is 0.210. The standard InChI is InChI=1S/C9H14NO2P/c11-8-4-5-9(12)13(8)10-6-2-1-3-7-10/h1-7H2. The molecule has 0 aromatic heterocycles. The van der Waals surface area contributed by atoms with Crippen molar-refractivity contribution in [3.05, 3.63) is 0 Å². The van der Waals surface area contributed by atoms with Crippen LogP contribution in [0.1, 0.15) is 32.1 Å². The lowest BCUT2D eigenvalue weighted by molar-refractivity contribution is -0.112. The summed E-state index contributed by atoms with van der Waals surface area (Å²) in [6.07, 6.45) is 4.56. The molecule has 0 aromatic rings. The van der Waals surface area contributed by atoms with Crippen molar-refractivity contribution >= 4 is 19.1 Å². The van der Waals surface area contributed by atoms with Crippen molar-refractivity contribution in [3.8, 4) is 0 Å². The zero-order valence-corrected chi connectivity index (χ0v) is 8.56. The van der Waals surface area contributed by atoms with Crippen molar-refractivity contribution in [2.75, 3.05) is 13.1 Å². The molecular weight excluding hydrogens is 185 g/mol. The van der Waals surface area contributed by atoms with E-state index < -0.39 is 8.07 Å². The average Bonchev–Trinajstić information content (AvgIpc) is 2.48. The van der Waals surface area contributed by atoms with Gasteiger partial charge in [-0.15, -0.1) is 0 Å². The molecule has 2 heterocycles. The smallest absolute Gasteiger partial charge is 0.177 e. The van der Waals surface area contributed by atoms with Crippen molar-refractivity contribution in [3.63, 3.8) is 0 Å². The van der Waals surface area contributed by atoms with Gasteiger partial charge < -0.3 is 0 Å². The molecule has 0 saturated carbocycles. The quantitative estimate of drug-likeness (QED) is 0.603. The molecule has 13 heavy (non-hydrogen) atoms. The molecule has 0 bridgehead atoms. The number of rotatable bonds is 1. The fraction of sp³-hybridized carbons (Fsp3) is 0.778. The lowest BCUT2D eigenvalue weighted by atomic mass is 10.2. The summed E-state index contributed by atoms with van der Waals surface area (Å²) in [5.74, 6) is 0. The molecule has 0 unspecified atom stereocenters. The maximum Gasteiger partial charge on any atom is 0.177 e. The van der Waals surface area contributed by atoms with Crippen LogP contribution in [0.3, 0.4) is 0 Å². The Kier molecular flexibility index (Phi) is 2.75. The lowest BCUT2D eigenvalue weighted by Gasteiger charge is -2.29. The average molecular weight is 199 g/mol. The molecule has 4 heteroatoms. The highest BCUT2D eigenvalue weighted by Crippen LogP contribution is 2.50. The first kappa shape index (κ1) is 9.29. The van der Waals surface area contributed by atoms with Gasteiger partial charge in [0.1, 0.15) is 8.07 Å². The molecule has 72 valence electrons. The Bertz CT molecular complexity index is 220. The largest absolute Gasteiger partial charge is 0.293 e. The van der Waals surface area contributed by atoms with Crippen LogP contribution in [0.2, 0.25) is 0 Å². The van der Waals surface area contributed by atoms with Crippen LogP contribution in [0.15, 0.2) is 0 Å². The normalized spacial score (nSPS) is 27.1. The molecule has 2 saturated heterocycles. The van der Waals surface area contributed by atoms with E-state index in [9.17, 15) is 9.59 Å². The molecule has 2 rings (SSSR count). The van der Waals surface area contributed by atoms with Crippen molar-refractivity contribution in [1.82, 2.24) is 4.67 Å². The van der Waals surface area contributed by atoms with Crippen LogP contribution in [-0.4, -0.2) is 28.8 Å². The molecular formula is C9H14NO2P. The Morgan fingerprint density at radius 2 is 1.46 bits per heavy atom. The number of hydrogen-bond donors (Lipinski definition) is 0. The van der Waals surface area contributed by atoms with E-state index in [1.165, 1.54) is 6.42 Å². The van der Waals surface area contributed by atoms with Crippen LogP contribution >= 0.6 is 8.07 Å². The number of piperidine rings is 1. The van der Waals surface area contributed by atoms with E-state index in [-0.39, 0.29) is 11.0 Å². The number of carbonyl (C=O) groups is 2. The van der Waals surface area contributed by atoms with Gasteiger partial charge in [-0.3, -0.25) is 14.3 Å². The summed E-state index contributed by atoms with van der Waals surface area (Å²) in [6.45, 7) is 1.92. The monoisotopic (exact) mass is 199 g/mol. The van der Waals surface area contributed by atoms with Gasteiger partial charge in [-0.05, 0) is 12.8 Å². The molecule has 0 aliphatic carbocycles. The highest BCUT2D eigenvalue weighted by Gasteiger charge is 2.37. The summed E-state index contributed by atoms with van der Waals surface area (Å²) in [4.78, 5) is 22.9. The second-order valence-corrected chi connectivity index (χ2v) is 5.80. The second kappa shape index (κ2) is 3.85. The SMILES string of the molecule is O=C1CCC(=O)P1N1CCCCC1. The molecule has 2 fully saturated rings. The zero-order valence-electron chi connectivity index (χ0n) is 7.66. The third-order valence-electron chi connectivity index (χ3n) is 2.64. The first-order valence-electron chi connectivity index (χ1n) is 4.90. The Morgan fingerprint density at radius 1 is 0.923 bits per heavy atom. The summed E-state index contributed by atoms with van der Waals surface area (Å²) < 4.78 is 2.14. The lowest BCUT2D eigenvalue weighted by Crippen LogP contribution is -2.27. The van der Waals surface area contributed by atoms with Gasteiger partial charge >= 0.3 is 0 Å². The molecule has 2 aliphatic heterocycles. The van der Waals surface area contributed by atoms with Gasteiger partial charge in [0.2, 0.25) is 0 Å². The Hall–Kier alpha value is -0.270. The number of nitrogens with zero attached hydrogens (tertiary/aromatic N) is 1. The van der Waals surface area contributed by atoms with E-state index in [2.05, 4.69) is 4.67 Å². The van der Waals surface area contributed by atoms with Crippen molar-refractivity contribution in [1.29, 1.82) is 0 Å². The molecule has 0 atom stereocenters. The second-order valence-electron chi connectivity index (χ2n) is 3.61. The molecule has 0 spiro atoms. The summed E-state index contributed by atoms with van der Waals surface area (Å²) in [6, 6.07) is 0. The summed E-state index contributed by atoms with van der Waals surface area (Å²) in [7, 11) is -1.03. The molecule has 0 N–H and O–H groups in total. The van der Waals surface area contributed by atoms with E-state index >= 15 is 0 Å². The molecule has 0 aromatic carbocycles. The van der Waals surface area contributed by atoms with Gasteiger partial charge in [-0.25, -0.2) is 0 Å². The highest BCUT2D eigenvalue weighted by molar-refractivity contribution is 7.88. The molecule has 2 aliphatic rings. The van der Waals surface area contributed by atoms with Gasteiger partial charge in [0.15, 0.2) is 11.0 Å². The van der Waals surface area contributed by atoms with Crippen LogP contribution in [0.25, 0.3) is 0 Å². The highest BCUT2D eigenvalue weighted by atomic mass is 31.1. The predicted octanol–water partition coefficient (Wildman–Crippen LogP) is 1.72. The van der Waals surface area contributed by atoms with Gasteiger partial charge in [-0.2, -0.15) is 0 Å². The van der Waals surface area contributed by atoms with Gasteiger partial charge in [-0.1, -0.05) is 6.42 Å². The van der Waals surface area contributed by atoms with Crippen LogP contribution in [0, 0.1) is 0 Å².